The van der Waals surface area contributed by atoms with E-state index in [9.17, 15) is 5.11 Å². The standard InChI is InChI=1S/C16H18O2/c1-9-4-2-5-10-8-13(18-16(9)10)15(17)14-11-6-3-7-12(11)14/h2,4-5,8,11-12,14-15,17H,3,6-7H2,1H3. The molecule has 2 aliphatic carbocycles. The summed E-state index contributed by atoms with van der Waals surface area (Å²) in [7, 11) is 0. The molecule has 1 heterocycles. The van der Waals surface area contributed by atoms with E-state index in [1.54, 1.807) is 0 Å². The van der Waals surface area contributed by atoms with Crippen LogP contribution in [-0.4, -0.2) is 5.11 Å². The number of benzene rings is 1. The third-order valence-electron chi connectivity index (χ3n) is 4.89. The van der Waals surface area contributed by atoms with Gasteiger partial charge in [0, 0.05) is 5.39 Å². The number of aryl methyl sites for hydroxylation is 1. The maximum Gasteiger partial charge on any atom is 0.137 e. The van der Waals surface area contributed by atoms with Crippen LogP contribution in [0.1, 0.15) is 36.7 Å². The van der Waals surface area contributed by atoms with Crippen molar-refractivity contribution in [3.8, 4) is 0 Å². The van der Waals surface area contributed by atoms with E-state index in [1.807, 2.05) is 25.1 Å². The average molecular weight is 242 g/mol. The first-order chi connectivity index (χ1) is 8.75. The molecule has 0 bridgehead atoms. The van der Waals surface area contributed by atoms with Gasteiger partial charge in [-0.2, -0.15) is 0 Å². The topological polar surface area (TPSA) is 33.4 Å². The number of hydrogen-bond donors (Lipinski definition) is 1. The van der Waals surface area contributed by atoms with Gasteiger partial charge in [-0.25, -0.2) is 0 Å². The molecule has 3 unspecified atom stereocenters. The van der Waals surface area contributed by atoms with Crippen LogP contribution in [0.25, 0.3) is 11.0 Å². The normalized spacial score (nSPS) is 31.6. The lowest BCUT2D eigenvalue weighted by atomic mass is 10.0. The summed E-state index contributed by atoms with van der Waals surface area (Å²) in [5.41, 5.74) is 2.07. The van der Waals surface area contributed by atoms with Gasteiger partial charge in [0.05, 0.1) is 0 Å². The second kappa shape index (κ2) is 3.61. The number of hydrogen-bond acceptors (Lipinski definition) is 2. The van der Waals surface area contributed by atoms with E-state index in [2.05, 4.69) is 6.07 Å². The highest BCUT2D eigenvalue weighted by atomic mass is 16.4. The summed E-state index contributed by atoms with van der Waals surface area (Å²) in [5, 5.41) is 11.6. The monoisotopic (exact) mass is 242 g/mol. The fourth-order valence-electron chi connectivity index (χ4n) is 3.91. The molecule has 3 atom stereocenters. The van der Waals surface area contributed by atoms with E-state index < -0.39 is 6.10 Å². The third kappa shape index (κ3) is 1.39. The van der Waals surface area contributed by atoms with Crippen molar-refractivity contribution in [2.75, 3.05) is 0 Å². The highest BCUT2D eigenvalue weighted by Crippen LogP contribution is 2.62. The van der Waals surface area contributed by atoms with Crippen LogP contribution in [0.15, 0.2) is 28.7 Å². The Labute approximate surface area is 107 Å². The highest BCUT2D eigenvalue weighted by molar-refractivity contribution is 5.80. The van der Waals surface area contributed by atoms with Crippen molar-refractivity contribution in [1.29, 1.82) is 0 Å². The SMILES string of the molecule is Cc1cccc2cc(C(O)C3C4CCCC43)oc12. The minimum atomic E-state index is -0.396. The van der Waals surface area contributed by atoms with Crippen LogP contribution in [0, 0.1) is 24.7 Å². The van der Waals surface area contributed by atoms with Gasteiger partial charge in [0.25, 0.3) is 0 Å². The van der Waals surface area contributed by atoms with E-state index in [1.165, 1.54) is 19.3 Å². The predicted molar refractivity (Wildman–Crippen MR) is 70.2 cm³/mol. The highest BCUT2D eigenvalue weighted by Gasteiger charge is 2.56. The van der Waals surface area contributed by atoms with Crippen molar-refractivity contribution in [2.24, 2.45) is 17.8 Å². The smallest absolute Gasteiger partial charge is 0.137 e. The summed E-state index contributed by atoms with van der Waals surface area (Å²) in [5.74, 6) is 2.74. The van der Waals surface area contributed by atoms with Gasteiger partial charge < -0.3 is 9.52 Å². The number of fused-ring (bicyclic) bond motifs is 2. The molecule has 0 aliphatic heterocycles. The van der Waals surface area contributed by atoms with Gasteiger partial charge >= 0.3 is 0 Å². The Hall–Kier alpha value is -1.28. The molecule has 2 heteroatoms. The molecule has 2 saturated carbocycles. The van der Waals surface area contributed by atoms with E-state index in [0.29, 0.717) is 5.92 Å². The Morgan fingerprint density at radius 3 is 2.78 bits per heavy atom. The summed E-state index contributed by atoms with van der Waals surface area (Å²) in [4.78, 5) is 0. The molecule has 1 aromatic heterocycles. The van der Waals surface area contributed by atoms with Crippen LogP contribution in [0.5, 0.6) is 0 Å². The largest absolute Gasteiger partial charge is 0.458 e. The molecular formula is C16H18O2. The Morgan fingerprint density at radius 1 is 1.28 bits per heavy atom. The zero-order valence-electron chi connectivity index (χ0n) is 10.6. The number of para-hydroxylation sites is 1. The molecule has 18 heavy (non-hydrogen) atoms. The molecule has 2 aromatic rings. The van der Waals surface area contributed by atoms with Crippen molar-refractivity contribution in [3.63, 3.8) is 0 Å². The van der Waals surface area contributed by atoms with Crippen LogP contribution >= 0.6 is 0 Å². The zero-order chi connectivity index (χ0) is 12.3. The lowest BCUT2D eigenvalue weighted by molar-refractivity contribution is 0.114. The van der Waals surface area contributed by atoms with Gasteiger partial charge in [0.15, 0.2) is 0 Å². The average Bonchev–Trinajstić information content (AvgIpc) is 2.79. The fraction of sp³-hybridized carbons (Fsp3) is 0.500. The Morgan fingerprint density at radius 2 is 2.06 bits per heavy atom. The fourth-order valence-corrected chi connectivity index (χ4v) is 3.91. The molecule has 4 rings (SSSR count). The van der Waals surface area contributed by atoms with E-state index in [-0.39, 0.29) is 0 Å². The van der Waals surface area contributed by atoms with Crippen molar-refractivity contribution < 1.29 is 9.52 Å². The van der Waals surface area contributed by atoms with Crippen molar-refractivity contribution in [2.45, 2.75) is 32.3 Å². The van der Waals surface area contributed by atoms with Crippen LogP contribution in [0.2, 0.25) is 0 Å². The zero-order valence-corrected chi connectivity index (χ0v) is 10.6. The summed E-state index contributed by atoms with van der Waals surface area (Å²) >= 11 is 0. The van der Waals surface area contributed by atoms with Crippen molar-refractivity contribution >= 4 is 11.0 Å². The number of aliphatic hydroxyl groups excluding tert-OH is 1. The molecule has 0 saturated heterocycles. The first-order valence-electron chi connectivity index (χ1n) is 6.93. The molecule has 1 N–H and O–H groups in total. The van der Waals surface area contributed by atoms with Gasteiger partial charge in [-0.05, 0) is 49.1 Å². The lowest BCUT2D eigenvalue weighted by Gasteiger charge is -2.09. The van der Waals surface area contributed by atoms with Crippen molar-refractivity contribution in [1.82, 2.24) is 0 Å². The summed E-state index contributed by atoms with van der Waals surface area (Å²) in [6, 6.07) is 8.15. The summed E-state index contributed by atoms with van der Waals surface area (Å²) in [6.07, 6.45) is 3.54. The first kappa shape index (κ1) is 10.6. The third-order valence-corrected chi connectivity index (χ3v) is 4.89. The maximum absolute atomic E-state index is 10.5. The van der Waals surface area contributed by atoms with E-state index >= 15 is 0 Å². The minimum absolute atomic E-state index is 0.396. The van der Waals surface area contributed by atoms with Crippen LogP contribution < -0.4 is 0 Å². The van der Waals surface area contributed by atoms with Gasteiger partial charge in [0.2, 0.25) is 0 Å². The van der Waals surface area contributed by atoms with Crippen molar-refractivity contribution in [3.05, 3.63) is 35.6 Å². The Bertz CT molecular complexity index is 588. The molecule has 0 radical (unpaired) electrons. The second-order valence-corrected chi connectivity index (χ2v) is 5.92. The van der Waals surface area contributed by atoms with Gasteiger partial charge in [-0.15, -0.1) is 0 Å². The summed E-state index contributed by atoms with van der Waals surface area (Å²) < 4.78 is 5.88. The molecule has 1 aromatic carbocycles. The Kier molecular flexibility index (Phi) is 2.13. The van der Waals surface area contributed by atoms with Gasteiger partial charge in [-0.1, -0.05) is 24.6 Å². The predicted octanol–water partition coefficient (Wildman–Crippen LogP) is 3.82. The van der Waals surface area contributed by atoms with Gasteiger partial charge in [0.1, 0.15) is 17.4 Å². The first-order valence-corrected chi connectivity index (χ1v) is 6.93. The Balaban J connectivity index is 1.68. The number of furan rings is 1. The van der Waals surface area contributed by atoms with E-state index in [0.717, 1.165) is 34.1 Å². The molecule has 94 valence electrons. The molecule has 2 fully saturated rings. The van der Waals surface area contributed by atoms with Crippen LogP contribution in [0.3, 0.4) is 0 Å². The second-order valence-electron chi connectivity index (χ2n) is 5.92. The molecule has 2 aliphatic rings. The number of rotatable bonds is 2. The molecule has 0 amide bonds. The number of aliphatic hydroxyl groups is 1. The van der Waals surface area contributed by atoms with E-state index in [4.69, 9.17) is 4.42 Å². The van der Waals surface area contributed by atoms with Gasteiger partial charge in [-0.3, -0.25) is 0 Å². The molecular weight excluding hydrogens is 224 g/mol. The minimum Gasteiger partial charge on any atom is -0.458 e. The van der Waals surface area contributed by atoms with Crippen LogP contribution in [-0.2, 0) is 0 Å². The molecule has 0 spiro atoms. The quantitative estimate of drug-likeness (QED) is 0.868. The maximum atomic E-state index is 10.5. The van der Waals surface area contributed by atoms with Crippen LogP contribution in [0.4, 0.5) is 0 Å². The molecule has 2 nitrogen and oxygen atoms in total. The summed E-state index contributed by atoms with van der Waals surface area (Å²) in [6.45, 7) is 2.05. The lowest BCUT2D eigenvalue weighted by Crippen LogP contribution is -2.02.